The summed E-state index contributed by atoms with van der Waals surface area (Å²) in [6.07, 6.45) is -1.17. The Morgan fingerprint density at radius 3 is 2.87 bits per heavy atom. The summed E-state index contributed by atoms with van der Waals surface area (Å²) in [5.41, 5.74) is -0.0333. The molecule has 2 aromatic carbocycles. The van der Waals surface area contributed by atoms with Crippen LogP contribution in [0.25, 0.3) is 10.9 Å². The van der Waals surface area contributed by atoms with Gasteiger partial charge in [0.15, 0.2) is 11.5 Å². The predicted molar refractivity (Wildman–Crippen MR) is 108 cm³/mol. The van der Waals surface area contributed by atoms with E-state index in [1.807, 2.05) is 6.92 Å². The van der Waals surface area contributed by atoms with Crippen molar-refractivity contribution in [2.75, 3.05) is 19.9 Å². The van der Waals surface area contributed by atoms with Gasteiger partial charge in [-0.1, -0.05) is 0 Å². The zero-order valence-corrected chi connectivity index (χ0v) is 16.3. The number of aromatic nitrogens is 1. The summed E-state index contributed by atoms with van der Waals surface area (Å²) < 4.78 is 22.0. The maximum absolute atomic E-state index is 11.5. The lowest BCUT2D eigenvalue weighted by molar-refractivity contribution is 0.0872. The topological polar surface area (TPSA) is 122 Å². The molecule has 0 fully saturated rings. The van der Waals surface area contributed by atoms with Crippen LogP contribution in [-0.4, -0.2) is 47.5 Å². The number of aromatic amines is 1. The average molecular weight is 414 g/mol. The van der Waals surface area contributed by atoms with Crippen LogP contribution < -0.4 is 29.8 Å². The first-order valence-corrected chi connectivity index (χ1v) is 9.45. The van der Waals surface area contributed by atoms with Gasteiger partial charge in [-0.05, 0) is 37.3 Å². The molecule has 9 nitrogen and oxygen atoms in total. The van der Waals surface area contributed by atoms with E-state index < -0.39 is 6.10 Å². The van der Waals surface area contributed by atoms with E-state index in [4.69, 9.17) is 18.9 Å². The molecule has 9 heteroatoms. The summed E-state index contributed by atoms with van der Waals surface area (Å²) in [4.78, 5) is 14.0. The highest BCUT2D eigenvalue weighted by atomic mass is 16.7. The van der Waals surface area contributed by atoms with Crippen molar-refractivity contribution in [2.24, 2.45) is 0 Å². The molecule has 0 saturated carbocycles. The van der Waals surface area contributed by atoms with E-state index >= 15 is 0 Å². The molecule has 30 heavy (non-hydrogen) atoms. The van der Waals surface area contributed by atoms with Crippen molar-refractivity contribution >= 4 is 10.9 Å². The quantitative estimate of drug-likeness (QED) is 0.411. The fourth-order valence-corrected chi connectivity index (χ4v) is 3.08. The minimum absolute atomic E-state index is 0.0166. The van der Waals surface area contributed by atoms with E-state index in [9.17, 15) is 15.0 Å². The first-order valence-electron chi connectivity index (χ1n) is 9.45. The number of aliphatic hydroxyl groups is 1. The van der Waals surface area contributed by atoms with Gasteiger partial charge in [0.05, 0.1) is 5.52 Å². The largest absolute Gasteiger partial charge is 0.506 e. The fourth-order valence-electron chi connectivity index (χ4n) is 3.08. The van der Waals surface area contributed by atoms with Crippen LogP contribution in [0.5, 0.6) is 28.7 Å². The van der Waals surface area contributed by atoms with Crippen molar-refractivity contribution in [3.05, 3.63) is 52.8 Å². The molecule has 2 unspecified atom stereocenters. The molecule has 0 aliphatic carbocycles. The van der Waals surface area contributed by atoms with Gasteiger partial charge in [0, 0.05) is 24.1 Å². The van der Waals surface area contributed by atoms with Crippen LogP contribution in [0.15, 0.2) is 47.3 Å². The summed E-state index contributed by atoms with van der Waals surface area (Å²) in [5, 5.41) is 23.8. The molecule has 4 rings (SSSR count). The number of nitrogens with one attached hydrogen (secondary N) is 2. The maximum atomic E-state index is 11.5. The molecular formula is C21H22N2O7. The fraction of sp³-hybridized carbons (Fsp3) is 0.286. The van der Waals surface area contributed by atoms with Crippen molar-refractivity contribution in [2.45, 2.75) is 19.3 Å². The van der Waals surface area contributed by atoms with Crippen molar-refractivity contribution < 1.29 is 29.2 Å². The van der Waals surface area contributed by atoms with Gasteiger partial charge in [0.2, 0.25) is 12.4 Å². The second kappa shape index (κ2) is 8.52. The molecule has 1 aromatic heterocycles. The highest BCUT2D eigenvalue weighted by molar-refractivity contribution is 5.89. The van der Waals surface area contributed by atoms with Crippen molar-refractivity contribution in [1.82, 2.24) is 10.3 Å². The summed E-state index contributed by atoms with van der Waals surface area (Å²) in [7, 11) is 0. The number of ether oxygens (including phenoxy) is 4. The summed E-state index contributed by atoms with van der Waals surface area (Å²) >= 11 is 0. The molecule has 0 spiro atoms. The van der Waals surface area contributed by atoms with Crippen LogP contribution in [0.3, 0.4) is 0 Å². The molecule has 2 heterocycles. The Hall–Kier alpha value is -3.43. The molecule has 0 radical (unpaired) electrons. The first-order chi connectivity index (χ1) is 14.5. The smallest absolute Gasteiger partial charge is 0.248 e. The second-order valence-electron chi connectivity index (χ2n) is 6.84. The Balaban J connectivity index is 1.29. The second-order valence-corrected chi connectivity index (χ2v) is 6.84. The van der Waals surface area contributed by atoms with Gasteiger partial charge >= 0.3 is 0 Å². The third-order valence-electron chi connectivity index (χ3n) is 4.56. The third-order valence-corrected chi connectivity index (χ3v) is 4.56. The number of pyridine rings is 1. The van der Waals surface area contributed by atoms with E-state index in [0.29, 0.717) is 33.9 Å². The maximum Gasteiger partial charge on any atom is 0.248 e. The van der Waals surface area contributed by atoms with Crippen LogP contribution in [0, 0.1) is 0 Å². The number of aromatic hydroxyl groups is 1. The highest BCUT2D eigenvalue weighted by Crippen LogP contribution is 2.35. The predicted octanol–water partition coefficient (Wildman–Crippen LogP) is 1.72. The molecule has 1 aliphatic rings. The Kier molecular flexibility index (Phi) is 5.64. The summed E-state index contributed by atoms with van der Waals surface area (Å²) in [6.45, 7) is 2.27. The summed E-state index contributed by atoms with van der Waals surface area (Å²) in [5.74, 6) is 2.33. The molecule has 0 bridgehead atoms. The van der Waals surface area contributed by atoms with Crippen molar-refractivity contribution in [1.29, 1.82) is 0 Å². The van der Waals surface area contributed by atoms with E-state index in [1.165, 1.54) is 12.1 Å². The number of fused-ring (bicyclic) bond motifs is 2. The number of H-pyrrole nitrogens is 1. The number of aliphatic hydroxyl groups excluding tert-OH is 1. The van der Waals surface area contributed by atoms with E-state index in [1.54, 1.807) is 30.3 Å². The van der Waals surface area contributed by atoms with Gasteiger partial charge in [-0.15, -0.1) is 0 Å². The minimum atomic E-state index is -0.806. The average Bonchev–Trinajstić information content (AvgIpc) is 3.20. The SMILES string of the molecule is CC(NCC(O)COc1ccc(O)c2[nH]c(=O)ccc12)Oc1ccc2c(c1)OCO2. The standard InChI is InChI=1S/C21H22N2O7/c1-12(30-14-2-5-18-19(8-14)29-11-28-18)22-9-13(24)10-27-17-6-4-16(25)21-15(17)3-7-20(26)23-21/h2-8,12-13,22,24-25H,9-11H2,1H3,(H,23,26). The van der Waals surface area contributed by atoms with Gasteiger partial charge in [-0.25, -0.2) is 0 Å². The molecule has 158 valence electrons. The highest BCUT2D eigenvalue weighted by Gasteiger charge is 2.16. The lowest BCUT2D eigenvalue weighted by atomic mass is 10.2. The Morgan fingerprint density at radius 1 is 1.17 bits per heavy atom. The van der Waals surface area contributed by atoms with Gasteiger partial charge < -0.3 is 34.1 Å². The molecule has 4 N–H and O–H groups in total. The third kappa shape index (κ3) is 4.42. The number of phenols is 1. The Labute approximate surface area is 171 Å². The van der Waals surface area contributed by atoms with Crippen LogP contribution in [0.4, 0.5) is 0 Å². The van der Waals surface area contributed by atoms with E-state index in [0.717, 1.165) is 0 Å². The molecule has 0 saturated heterocycles. The summed E-state index contributed by atoms with van der Waals surface area (Å²) in [6, 6.07) is 11.2. The van der Waals surface area contributed by atoms with Gasteiger partial charge in [-0.2, -0.15) is 0 Å². The zero-order valence-electron chi connectivity index (χ0n) is 16.3. The molecule has 1 aliphatic heterocycles. The zero-order chi connectivity index (χ0) is 21.1. The Bertz CT molecular complexity index is 1100. The van der Waals surface area contributed by atoms with Gasteiger partial charge in [0.1, 0.15) is 36.2 Å². The van der Waals surface area contributed by atoms with E-state index in [2.05, 4.69) is 10.3 Å². The first kappa shape index (κ1) is 19.9. The van der Waals surface area contributed by atoms with Crippen LogP contribution >= 0.6 is 0 Å². The van der Waals surface area contributed by atoms with Crippen molar-refractivity contribution in [3.8, 4) is 28.7 Å². The number of rotatable bonds is 8. The van der Waals surface area contributed by atoms with Gasteiger partial charge in [0.25, 0.3) is 0 Å². The van der Waals surface area contributed by atoms with Gasteiger partial charge in [-0.3, -0.25) is 10.1 Å². The van der Waals surface area contributed by atoms with Crippen LogP contribution in [0.1, 0.15) is 6.92 Å². The normalized spacial score (nSPS) is 14.5. The number of hydrogen-bond acceptors (Lipinski definition) is 8. The lowest BCUT2D eigenvalue weighted by Crippen LogP contribution is -2.39. The Morgan fingerprint density at radius 2 is 2.00 bits per heavy atom. The number of benzene rings is 2. The molecule has 0 amide bonds. The van der Waals surface area contributed by atoms with Crippen molar-refractivity contribution in [3.63, 3.8) is 0 Å². The van der Waals surface area contributed by atoms with E-state index in [-0.39, 0.29) is 37.5 Å². The van der Waals surface area contributed by atoms with Crippen LogP contribution in [0.2, 0.25) is 0 Å². The minimum Gasteiger partial charge on any atom is -0.506 e. The monoisotopic (exact) mass is 414 g/mol. The lowest BCUT2D eigenvalue weighted by Gasteiger charge is -2.19. The van der Waals surface area contributed by atoms with Crippen LogP contribution in [-0.2, 0) is 0 Å². The molecular weight excluding hydrogens is 392 g/mol. The number of phenolic OH excluding ortho intramolecular Hbond substituents is 1. The molecule has 3 aromatic rings. The number of hydrogen-bond donors (Lipinski definition) is 4. The molecule has 2 atom stereocenters.